The lowest BCUT2D eigenvalue weighted by atomic mass is 10.0. The maximum Gasteiger partial charge on any atom is 0.180 e. The van der Waals surface area contributed by atoms with Crippen molar-refractivity contribution in [3.8, 4) is 22.3 Å². The molecule has 0 nitrogen and oxygen atoms in total. The second-order valence-electron chi connectivity index (χ2n) is 9.34. The summed E-state index contributed by atoms with van der Waals surface area (Å²) in [4.78, 5) is 0. The van der Waals surface area contributed by atoms with Crippen LogP contribution in [0.15, 0.2) is 170 Å². The van der Waals surface area contributed by atoms with Crippen LogP contribution in [0.1, 0.15) is 0 Å². The van der Waals surface area contributed by atoms with Gasteiger partial charge in [-0.2, -0.15) is 0 Å². The van der Waals surface area contributed by atoms with Crippen molar-refractivity contribution in [3.05, 3.63) is 170 Å². The summed E-state index contributed by atoms with van der Waals surface area (Å²) in [6.07, 6.45) is 0. The number of hydrogen-bond donors (Lipinski definition) is 0. The van der Waals surface area contributed by atoms with Crippen LogP contribution >= 0.6 is 0 Å². The highest BCUT2D eigenvalue weighted by Gasteiger charge is 2.42. The predicted octanol–water partition coefficient (Wildman–Crippen LogP) is 6.40. The highest BCUT2D eigenvalue weighted by molar-refractivity contribution is 7.20. The third-order valence-corrected chi connectivity index (χ3v) is 12.1. The fourth-order valence-corrected chi connectivity index (χ4v) is 10.6. The lowest BCUT2D eigenvalue weighted by molar-refractivity contribution is 1.59. The number of hydrogen-bond acceptors (Lipinski definition) is 0. The molecule has 0 bridgehead atoms. The van der Waals surface area contributed by atoms with E-state index < -0.39 is 8.07 Å². The molecule has 176 valence electrons. The van der Waals surface area contributed by atoms with E-state index in [1.807, 2.05) is 0 Å². The normalized spacial score (nSPS) is 11.2. The first-order valence-electron chi connectivity index (χ1n) is 12.8. The van der Waals surface area contributed by atoms with E-state index >= 15 is 0 Å². The Balaban J connectivity index is 1.62. The average molecular weight is 489 g/mol. The first-order chi connectivity index (χ1) is 18.4. The Bertz CT molecular complexity index is 1480. The Morgan fingerprint density at radius 3 is 1.11 bits per heavy atom. The molecule has 0 atom stereocenters. The summed E-state index contributed by atoms with van der Waals surface area (Å²) in [6.45, 7) is 0. The van der Waals surface area contributed by atoms with Crippen molar-refractivity contribution in [2.75, 3.05) is 0 Å². The highest BCUT2D eigenvalue weighted by Crippen LogP contribution is 2.25. The van der Waals surface area contributed by atoms with Gasteiger partial charge in [0.2, 0.25) is 0 Å². The third-order valence-electron chi connectivity index (χ3n) is 7.25. The summed E-state index contributed by atoms with van der Waals surface area (Å²) >= 11 is 0. The number of benzene rings is 6. The van der Waals surface area contributed by atoms with Gasteiger partial charge in [0, 0.05) is 0 Å². The quantitative estimate of drug-likeness (QED) is 0.188. The van der Waals surface area contributed by atoms with Crippen molar-refractivity contribution < 1.29 is 0 Å². The van der Waals surface area contributed by atoms with Gasteiger partial charge in [-0.1, -0.05) is 170 Å². The molecule has 0 aliphatic rings. The van der Waals surface area contributed by atoms with E-state index in [1.165, 1.54) is 43.0 Å². The maximum atomic E-state index is 2.36. The summed E-state index contributed by atoms with van der Waals surface area (Å²) in [5, 5.41) is 5.58. The van der Waals surface area contributed by atoms with E-state index in [0.29, 0.717) is 0 Å². The summed E-state index contributed by atoms with van der Waals surface area (Å²) in [6, 6.07) is 62.0. The third kappa shape index (κ3) is 4.24. The van der Waals surface area contributed by atoms with Crippen LogP contribution < -0.4 is 20.7 Å². The highest BCUT2D eigenvalue weighted by atomic mass is 28.3. The lowest BCUT2D eigenvalue weighted by Gasteiger charge is -2.36. The fraction of sp³-hybridized carbons (Fsp3) is 0. The topological polar surface area (TPSA) is 0 Å². The van der Waals surface area contributed by atoms with Crippen molar-refractivity contribution in [2.45, 2.75) is 0 Å². The van der Waals surface area contributed by atoms with Crippen LogP contribution in [0.25, 0.3) is 22.3 Å². The molecular weight excluding hydrogens is 460 g/mol. The molecule has 0 saturated carbocycles. The van der Waals surface area contributed by atoms with E-state index in [0.717, 1.165) is 0 Å². The minimum Gasteiger partial charge on any atom is -0.0623 e. The largest absolute Gasteiger partial charge is 0.180 e. The Morgan fingerprint density at radius 1 is 0.270 bits per heavy atom. The maximum absolute atomic E-state index is 2.60. The summed E-state index contributed by atoms with van der Waals surface area (Å²) in [5.41, 5.74) is 5.02. The van der Waals surface area contributed by atoms with Crippen molar-refractivity contribution in [2.24, 2.45) is 0 Å². The molecule has 0 saturated heterocycles. The molecule has 0 unspecified atom stereocenters. The molecule has 0 spiro atoms. The molecule has 0 N–H and O–H groups in total. The predicted molar refractivity (Wildman–Crippen MR) is 161 cm³/mol. The zero-order chi connectivity index (χ0) is 24.9. The Kier molecular flexibility index (Phi) is 6.37. The molecule has 6 aromatic carbocycles. The van der Waals surface area contributed by atoms with Gasteiger partial charge < -0.3 is 0 Å². The first kappa shape index (κ1) is 23.0. The van der Waals surface area contributed by atoms with Crippen LogP contribution in [-0.4, -0.2) is 8.07 Å². The minimum atomic E-state index is -2.60. The van der Waals surface area contributed by atoms with Gasteiger partial charge in [0.1, 0.15) is 0 Å². The molecular formula is C36H28Si. The second kappa shape index (κ2) is 10.3. The van der Waals surface area contributed by atoms with Crippen LogP contribution in [0, 0.1) is 0 Å². The van der Waals surface area contributed by atoms with Gasteiger partial charge >= 0.3 is 0 Å². The zero-order valence-electron chi connectivity index (χ0n) is 20.7. The van der Waals surface area contributed by atoms with Crippen molar-refractivity contribution in [3.63, 3.8) is 0 Å². The molecule has 0 fully saturated rings. The summed E-state index contributed by atoms with van der Waals surface area (Å²) in [7, 11) is -2.60. The summed E-state index contributed by atoms with van der Waals surface area (Å²) in [5.74, 6) is 0. The van der Waals surface area contributed by atoms with Crippen LogP contribution in [0.5, 0.6) is 0 Å². The van der Waals surface area contributed by atoms with Gasteiger partial charge in [0.15, 0.2) is 8.07 Å². The lowest BCUT2D eigenvalue weighted by Crippen LogP contribution is -2.75. The average Bonchev–Trinajstić information content (AvgIpc) is 3.00. The molecule has 0 aromatic heterocycles. The van der Waals surface area contributed by atoms with Crippen molar-refractivity contribution >= 4 is 28.8 Å². The van der Waals surface area contributed by atoms with E-state index in [1.54, 1.807) is 0 Å². The minimum absolute atomic E-state index is 1.24. The van der Waals surface area contributed by atoms with Crippen LogP contribution in [0.4, 0.5) is 0 Å². The molecule has 0 aliphatic carbocycles. The molecule has 37 heavy (non-hydrogen) atoms. The molecule has 6 aromatic rings. The van der Waals surface area contributed by atoms with Crippen LogP contribution in [-0.2, 0) is 0 Å². The Hall–Kier alpha value is -4.46. The van der Waals surface area contributed by atoms with Crippen LogP contribution in [0.2, 0.25) is 0 Å². The smallest absolute Gasteiger partial charge is 0.0623 e. The van der Waals surface area contributed by atoms with Gasteiger partial charge in [-0.15, -0.1) is 0 Å². The molecule has 1 heteroatoms. The first-order valence-corrected chi connectivity index (χ1v) is 14.8. The molecule has 0 radical (unpaired) electrons. The Labute approximate surface area is 220 Å². The fourth-order valence-electron chi connectivity index (χ4n) is 5.57. The van der Waals surface area contributed by atoms with Gasteiger partial charge in [0.25, 0.3) is 0 Å². The van der Waals surface area contributed by atoms with Crippen molar-refractivity contribution in [1.29, 1.82) is 0 Å². The molecule has 0 aliphatic heterocycles. The standard InChI is InChI=1S/C36H28Si/c1-5-15-29(16-6-1)30-25-27-31(28-26-30)35-23-13-14-24-36(35)37(32-17-7-2-8-18-32,33-19-9-3-10-20-33)34-21-11-4-12-22-34/h1-28H. The zero-order valence-corrected chi connectivity index (χ0v) is 21.7. The molecule has 6 rings (SSSR count). The van der Waals surface area contributed by atoms with E-state index in [4.69, 9.17) is 0 Å². The van der Waals surface area contributed by atoms with Gasteiger partial charge in [-0.25, -0.2) is 0 Å². The van der Waals surface area contributed by atoms with Crippen LogP contribution in [0.3, 0.4) is 0 Å². The molecule has 0 amide bonds. The van der Waals surface area contributed by atoms with Gasteiger partial charge in [0.05, 0.1) is 0 Å². The second-order valence-corrected chi connectivity index (χ2v) is 13.1. The monoisotopic (exact) mass is 488 g/mol. The van der Waals surface area contributed by atoms with E-state index in [-0.39, 0.29) is 0 Å². The van der Waals surface area contributed by atoms with Gasteiger partial charge in [-0.05, 0) is 43.0 Å². The summed E-state index contributed by atoms with van der Waals surface area (Å²) < 4.78 is 0. The van der Waals surface area contributed by atoms with Gasteiger partial charge in [-0.3, -0.25) is 0 Å². The van der Waals surface area contributed by atoms with E-state index in [2.05, 4.69) is 170 Å². The molecule has 0 heterocycles. The Morgan fingerprint density at radius 2 is 0.622 bits per heavy atom. The van der Waals surface area contributed by atoms with Crippen molar-refractivity contribution in [1.82, 2.24) is 0 Å². The SMILES string of the molecule is c1ccc(-c2ccc(-c3ccccc3[Si](c3ccccc3)(c3ccccc3)c3ccccc3)cc2)cc1. The van der Waals surface area contributed by atoms with E-state index in [9.17, 15) is 0 Å². The number of rotatable bonds is 6.